The van der Waals surface area contributed by atoms with Gasteiger partial charge >= 0.3 is 6.18 Å². The Hall–Kier alpha value is -1.76. The van der Waals surface area contributed by atoms with Gasteiger partial charge in [0.1, 0.15) is 0 Å². The molecule has 2 rings (SSSR count). The summed E-state index contributed by atoms with van der Waals surface area (Å²) in [5, 5.41) is 0. The molecule has 0 bridgehead atoms. The quantitative estimate of drug-likeness (QED) is 0.808. The van der Waals surface area contributed by atoms with Crippen LogP contribution in [0.25, 0.3) is 0 Å². The molecule has 1 aliphatic heterocycles. The summed E-state index contributed by atoms with van der Waals surface area (Å²) in [6, 6.07) is 3.33. The number of carbonyl (C=O) groups excluding carboxylic acids is 1. The van der Waals surface area contributed by atoms with Crippen LogP contribution in [0, 0.1) is 0 Å². The van der Waals surface area contributed by atoms with Gasteiger partial charge in [0, 0.05) is 30.9 Å². The van der Waals surface area contributed by atoms with Crippen molar-refractivity contribution >= 4 is 11.6 Å². The van der Waals surface area contributed by atoms with Gasteiger partial charge in [0.05, 0.1) is 5.56 Å². The highest BCUT2D eigenvalue weighted by Gasteiger charge is 2.34. The van der Waals surface area contributed by atoms with Gasteiger partial charge in [-0.15, -0.1) is 0 Å². The summed E-state index contributed by atoms with van der Waals surface area (Å²) in [6.45, 7) is 2.65. The lowest BCUT2D eigenvalue weighted by Gasteiger charge is -2.21. The number of alkyl halides is 3. The summed E-state index contributed by atoms with van der Waals surface area (Å²) in [7, 11) is 1.96. The Bertz CT molecular complexity index is 531. The summed E-state index contributed by atoms with van der Waals surface area (Å²) >= 11 is 0. The highest BCUT2D eigenvalue weighted by atomic mass is 19.4. The minimum atomic E-state index is -4.56. The smallest absolute Gasteiger partial charge is 0.398 e. The lowest BCUT2D eigenvalue weighted by Crippen LogP contribution is -2.34. The molecule has 2 N–H and O–H groups in total. The molecule has 1 aromatic carbocycles. The van der Waals surface area contributed by atoms with Gasteiger partial charge in [-0.25, -0.2) is 0 Å². The average Bonchev–Trinajstić information content (AvgIpc) is 2.62. The lowest BCUT2D eigenvalue weighted by atomic mass is 10.1. The van der Waals surface area contributed by atoms with E-state index in [9.17, 15) is 18.0 Å². The monoisotopic (exact) mass is 301 g/mol. The third kappa shape index (κ3) is 3.66. The second-order valence-electron chi connectivity index (χ2n) is 5.25. The molecule has 21 heavy (non-hydrogen) atoms. The Kier molecular flexibility index (Phi) is 4.41. The Morgan fingerprint density at radius 3 is 2.57 bits per heavy atom. The number of halogens is 3. The van der Waals surface area contributed by atoms with Crippen LogP contribution in [0.3, 0.4) is 0 Å². The van der Waals surface area contributed by atoms with Crippen molar-refractivity contribution in [3.8, 4) is 0 Å². The summed E-state index contributed by atoms with van der Waals surface area (Å²) in [5.41, 5.74) is 4.05. The number of nitrogen functional groups attached to an aromatic ring is 1. The Morgan fingerprint density at radius 2 is 1.90 bits per heavy atom. The highest BCUT2D eigenvalue weighted by molar-refractivity contribution is 5.95. The van der Waals surface area contributed by atoms with Crippen molar-refractivity contribution in [1.82, 2.24) is 9.80 Å². The number of hydrogen-bond donors (Lipinski definition) is 1. The largest absolute Gasteiger partial charge is 0.418 e. The molecular formula is C14H18F3N3O. The zero-order chi connectivity index (χ0) is 15.6. The van der Waals surface area contributed by atoms with E-state index in [1.807, 2.05) is 7.05 Å². The number of amides is 1. The van der Waals surface area contributed by atoms with Crippen molar-refractivity contribution in [3.05, 3.63) is 29.3 Å². The molecule has 7 heteroatoms. The fourth-order valence-corrected chi connectivity index (χ4v) is 2.37. The summed E-state index contributed by atoms with van der Waals surface area (Å²) in [4.78, 5) is 16.0. The molecule has 0 saturated carbocycles. The molecule has 0 atom stereocenters. The van der Waals surface area contributed by atoms with Crippen molar-refractivity contribution < 1.29 is 18.0 Å². The maximum atomic E-state index is 12.8. The van der Waals surface area contributed by atoms with Crippen LogP contribution in [0.1, 0.15) is 22.3 Å². The Labute approximate surface area is 121 Å². The number of benzene rings is 1. The average molecular weight is 301 g/mol. The van der Waals surface area contributed by atoms with E-state index in [2.05, 4.69) is 4.90 Å². The molecule has 116 valence electrons. The van der Waals surface area contributed by atoms with Crippen molar-refractivity contribution in [2.75, 3.05) is 39.0 Å². The van der Waals surface area contributed by atoms with Gasteiger partial charge in [-0.1, -0.05) is 0 Å². The number of nitrogens with two attached hydrogens (primary N) is 1. The predicted octanol–water partition coefficient (Wildman–Crippen LogP) is 2.07. The van der Waals surface area contributed by atoms with Crippen molar-refractivity contribution in [3.63, 3.8) is 0 Å². The third-order valence-corrected chi connectivity index (χ3v) is 3.61. The molecule has 1 amide bonds. The molecular weight excluding hydrogens is 283 g/mol. The normalized spacial score (nSPS) is 17.6. The van der Waals surface area contributed by atoms with Gasteiger partial charge in [0.15, 0.2) is 0 Å². The Balaban J connectivity index is 2.23. The predicted molar refractivity (Wildman–Crippen MR) is 73.9 cm³/mol. The van der Waals surface area contributed by atoms with Crippen LogP contribution >= 0.6 is 0 Å². The first-order valence-electron chi connectivity index (χ1n) is 6.73. The molecule has 0 spiro atoms. The van der Waals surface area contributed by atoms with E-state index in [-0.39, 0.29) is 17.2 Å². The molecule has 0 aromatic heterocycles. The lowest BCUT2D eigenvalue weighted by molar-refractivity contribution is -0.136. The van der Waals surface area contributed by atoms with E-state index in [1.165, 1.54) is 6.07 Å². The maximum absolute atomic E-state index is 12.8. The standard InChI is InChI=1S/C14H18F3N3O/c1-19-5-2-6-20(8-7-19)13(21)10-3-4-12(18)11(9-10)14(15,16)17/h3-4,9H,2,5-8,18H2,1H3. The SMILES string of the molecule is CN1CCCN(C(=O)c2ccc(N)c(C(F)(F)F)c2)CC1. The second kappa shape index (κ2) is 5.93. The fourth-order valence-electron chi connectivity index (χ4n) is 2.37. The number of anilines is 1. The molecule has 1 saturated heterocycles. The number of rotatable bonds is 1. The highest BCUT2D eigenvalue weighted by Crippen LogP contribution is 2.34. The molecule has 0 radical (unpaired) electrons. The van der Waals surface area contributed by atoms with Crippen LogP contribution in [-0.4, -0.2) is 48.9 Å². The van der Waals surface area contributed by atoms with E-state index >= 15 is 0 Å². The van der Waals surface area contributed by atoms with Crippen molar-refractivity contribution in [2.45, 2.75) is 12.6 Å². The molecule has 0 unspecified atom stereocenters. The van der Waals surface area contributed by atoms with Gasteiger partial charge in [-0.2, -0.15) is 13.2 Å². The van der Waals surface area contributed by atoms with E-state index in [0.29, 0.717) is 19.6 Å². The van der Waals surface area contributed by atoms with Crippen LogP contribution < -0.4 is 5.73 Å². The van der Waals surface area contributed by atoms with Gasteiger partial charge in [-0.05, 0) is 38.2 Å². The van der Waals surface area contributed by atoms with E-state index in [1.54, 1.807) is 4.90 Å². The van der Waals surface area contributed by atoms with Gasteiger partial charge in [-0.3, -0.25) is 4.79 Å². The van der Waals surface area contributed by atoms with E-state index in [4.69, 9.17) is 5.73 Å². The first-order valence-corrected chi connectivity index (χ1v) is 6.73. The first-order chi connectivity index (χ1) is 9.79. The molecule has 1 heterocycles. The van der Waals surface area contributed by atoms with Gasteiger partial charge in [0.25, 0.3) is 5.91 Å². The molecule has 1 aliphatic rings. The molecule has 1 aromatic rings. The fraction of sp³-hybridized carbons (Fsp3) is 0.500. The van der Waals surface area contributed by atoms with Crippen LogP contribution in [0.2, 0.25) is 0 Å². The summed E-state index contributed by atoms with van der Waals surface area (Å²) in [6.07, 6.45) is -3.75. The van der Waals surface area contributed by atoms with Crippen LogP contribution in [-0.2, 0) is 6.18 Å². The van der Waals surface area contributed by atoms with Crippen LogP contribution in [0.4, 0.5) is 18.9 Å². The Morgan fingerprint density at radius 1 is 1.19 bits per heavy atom. The number of nitrogens with zero attached hydrogens (tertiary/aromatic N) is 2. The molecule has 0 aliphatic carbocycles. The second-order valence-corrected chi connectivity index (χ2v) is 5.25. The van der Waals surface area contributed by atoms with Crippen LogP contribution in [0.15, 0.2) is 18.2 Å². The summed E-state index contributed by atoms with van der Waals surface area (Å²) < 4.78 is 38.5. The zero-order valence-electron chi connectivity index (χ0n) is 11.8. The number of carbonyl (C=O) groups is 1. The minimum absolute atomic E-state index is 0.0288. The first kappa shape index (κ1) is 15.6. The minimum Gasteiger partial charge on any atom is -0.398 e. The molecule has 4 nitrogen and oxygen atoms in total. The third-order valence-electron chi connectivity index (χ3n) is 3.61. The van der Waals surface area contributed by atoms with E-state index in [0.717, 1.165) is 25.1 Å². The number of hydrogen-bond acceptors (Lipinski definition) is 3. The van der Waals surface area contributed by atoms with Crippen LogP contribution in [0.5, 0.6) is 0 Å². The summed E-state index contributed by atoms with van der Waals surface area (Å²) in [5.74, 6) is -0.379. The zero-order valence-corrected chi connectivity index (χ0v) is 11.8. The van der Waals surface area contributed by atoms with Crippen molar-refractivity contribution in [2.24, 2.45) is 0 Å². The topological polar surface area (TPSA) is 49.6 Å². The molecule has 1 fully saturated rings. The van der Waals surface area contributed by atoms with Gasteiger partial charge < -0.3 is 15.5 Å². The maximum Gasteiger partial charge on any atom is 0.418 e. The van der Waals surface area contributed by atoms with Crippen molar-refractivity contribution in [1.29, 1.82) is 0 Å². The number of likely N-dealkylation sites (N-methyl/N-ethyl adjacent to an activating group) is 1. The van der Waals surface area contributed by atoms with E-state index < -0.39 is 11.7 Å². The van der Waals surface area contributed by atoms with Gasteiger partial charge in [0.2, 0.25) is 0 Å².